The summed E-state index contributed by atoms with van der Waals surface area (Å²) in [5.41, 5.74) is -0.800. The summed E-state index contributed by atoms with van der Waals surface area (Å²) in [7, 11) is 1.76. The molecule has 0 radical (unpaired) electrons. The van der Waals surface area contributed by atoms with Gasteiger partial charge in [-0.05, 0) is 20.3 Å². The first-order valence-electron chi connectivity index (χ1n) is 6.68. The molecule has 0 aromatic heterocycles. The summed E-state index contributed by atoms with van der Waals surface area (Å²) in [4.78, 5) is 39.1. The van der Waals surface area contributed by atoms with Crippen molar-refractivity contribution in [3.05, 3.63) is 0 Å². The van der Waals surface area contributed by atoms with Crippen LogP contribution >= 0.6 is 0 Å². The minimum absolute atomic E-state index is 0.00207. The Labute approximate surface area is 113 Å². The molecule has 0 saturated carbocycles. The van der Waals surface area contributed by atoms with E-state index in [9.17, 15) is 14.4 Å². The number of nitrogens with one attached hydrogen (secondary N) is 1. The van der Waals surface area contributed by atoms with E-state index in [2.05, 4.69) is 5.32 Å². The summed E-state index contributed by atoms with van der Waals surface area (Å²) < 4.78 is 0. The molecular weight excluding hydrogens is 246 g/mol. The SMILES string of the molecule is CN1CCN(C(=O)C2CCC(=O)NC2)C(C)(C)C1=O. The van der Waals surface area contributed by atoms with Gasteiger partial charge in [-0.1, -0.05) is 0 Å². The molecule has 2 aliphatic rings. The van der Waals surface area contributed by atoms with Gasteiger partial charge in [0.15, 0.2) is 0 Å². The zero-order chi connectivity index (χ0) is 14.2. The third kappa shape index (κ3) is 2.43. The van der Waals surface area contributed by atoms with Crippen molar-refractivity contribution in [2.45, 2.75) is 32.2 Å². The van der Waals surface area contributed by atoms with Crippen LogP contribution in [-0.4, -0.2) is 59.7 Å². The van der Waals surface area contributed by atoms with Crippen LogP contribution in [0.2, 0.25) is 0 Å². The average Bonchev–Trinajstić information content (AvgIpc) is 2.36. The first-order valence-corrected chi connectivity index (χ1v) is 6.68. The number of piperidine rings is 1. The Bertz CT molecular complexity index is 409. The van der Waals surface area contributed by atoms with Crippen LogP contribution in [0.15, 0.2) is 0 Å². The van der Waals surface area contributed by atoms with E-state index in [0.29, 0.717) is 32.5 Å². The number of amides is 3. The Morgan fingerprint density at radius 1 is 1.32 bits per heavy atom. The monoisotopic (exact) mass is 267 g/mol. The number of carbonyl (C=O) groups excluding carboxylic acids is 3. The molecule has 1 N–H and O–H groups in total. The Morgan fingerprint density at radius 2 is 2.00 bits per heavy atom. The van der Waals surface area contributed by atoms with Gasteiger partial charge in [-0.3, -0.25) is 14.4 Å². The lowest BCUT2D eigenvalue weighted by Crippen LogP contribution is -2.65. The highest BCUT2D eigenvalue weighted by Gasteiger charge is 2.44. The highest BCUT2D eigenvalue weighted by atomic mass is 16.2. The van der Waals surface area contributed by atoms with Crippen LogP contribution < -0.4 is 5.32 Å². The zero-order valence-electron chi connectivity index (χ0n) is 11.7. The molecule has 2 aliphatic heterocycles. The molecular formula is C13H21N3O3. The largest absolute Gasteiger partial charge is 0.355 e. The topological polar surface area (TPSA) is 69.7 Å². The number of carbonyl (C=O) groups is 3. The number of rotatable bonds is 1. The van der Waals surface area contributed by atoms with Crippen molar-refractivity contribution in [3.8, 4) is 0 Å². The van der Waals surface area contributed by atoms with E-state index in [1.54, 1.807) is 30.7 Å². The molecule has 6 nitrogen and oxygen atoms in total. The lowest BCUT2D eigenvalue weighted by atomic mass is 9.92. The molecule has 1 atom stereocenters. The molecule has 2 saturated heterocycles. The first kappa shape index (κ1) is 13.8. The van der Waals surface area contributed by atoms with Gasteiger partial charge in [-0.25, -0.2) is 0 Å². The van der Waals surface area contributed by atoms with E-state index < -0.39 is 5.54 Å². The van der Waals surface area contributed by atoms with Crippen LogP contribution in [0.5, 0.6) is 0 Å². The quantitative estimate of drug-likeness (QED) is 0.702. The van der Waals surface area contributed by atoms with Crippen molar-refractivity contribution < 1.29 is 14.4 Å². The number of hydrogen-bond donors (Lipinski definition) is 1. The van der Waals surface area contributed by atoms with Gasteiger partial charge in [0, 0.05) is 33.1 Å². The van der Waals surface area contributed by atoms with E-state index in [4.69, 9.17) is 0 Å². The van der Waals surface area contributed by atoms with E-state index in [0.717, 1.165) is 0 Å². The Balaban J connectivity index is 2.10. The number of nitrogens with zero attached hydrogens (tertiary/aromatic N) is 2. The van der Waals surface area contributed by atoms with Crippen LogP contribution in [0.25, 0.3) is 0 Å². The molecule has 106 valence electrons. The summed E-state index contributed by atoms with van der Waals surface area (Å²) >= 11 is 0. The van der Waals surface area contributed by atoms with E-state index in [1.807, 2.05) is 0 Å². The fraction of sp³-hybridized carbons (Fsp3) is 0.769. The van der Waals surface area contributed by atoms with Gasteiger partial charge in [-0.15, -0.1) is 0 Å². The summed E-state index contributed by atoms with van der Waals surface area (Å²) in [6.45, 7) is 5.06. The molecule has 0 aromatic rings. The molecule has 3 amide bonds. The highest BCUT2D eigenvalue weighted by molar-refractivity contribution is 5.93. The predicted molar refractivity (Wildman–Crippen MR) is 69.2 cm³/mol. The Kier molecular flexibility index (Phi) is 3.52. The normalized spacial score (nSPS) is 27.2. The molecule has 1 unspecified atom stereocenters. The van der Waals surface area contributed by atoms with E-state index >= 15 is 0 Å². The van der Waals surface area contributed by atoms with E-state index in [1.165, 1.54) is 0 Å². The smallest absolute Gasteiger partial charge is 0.247 e. The summed E-state index contributed by atoms with van der Waals surface area (Å²) in [6.07, 6.45) is 0.958. The fourth-order valence-electron chi connectivity index (χ4n) is 2.76. The summed E-state index contributed by atoms with van der Waals surface area (Å²) in [6, 6.07) is 0. The highest BCUT2D eigenvalue weighted by Crippen LogP contribution is 2.25. The van der Waals surface area contributed by atoms with Crippen LogP contribution in [0.3, 0.4) is 0 Å². The molecule has 2 fully saturated rings. The van der Waals surface area contributed by atoms with Gasteiger partial charge in [0.25, 0.3) is 0 Å². The molecule has 0 aliphatic carbocycles. The second-order valence-corrected chi connectivity index (χ2v) is 5.82. The van der Waals surface area contributed by atoms with Crippen LogP contribution in [0.1, 0.15) is 26.7 Å². The molecule has 0 spiro atoms. The average molecular weight is 267 g/mol. The second kappa shape index (κ2) is 4.83. The predicted octanol–water partition coefficient (Wildman–Crippen LogP) is -0.408. The zero-order valence-corrected chi connectivity index (χ0v) is 11.7. The molecule has 2 rings (SSSR count). The van der Waals surface area contributed by atoms with Crippen molar-refractivity contribution in [3.63, 3.8) is 0 Å². The Morgan fingerprint density at radius 3 is 2.58 bits per heavy atom. The first-order chi connectivity index (χ1) is 8.84. The molecule has 2 heterocycles. The van der Waals surface area contributed by atoms with Gasteiger partial charge in [0.2, 0.25) is 17.7 Å². The van der Waals surface area contributed by atoms with Crippen molar-refractivity contribution >= 4 is 17.7 Å². The number of hydrogen-bond acceptors (Lipinski definition) is 3. The second-order valence-electron chi connectivity index (χ2n) is 5.82. The van der Waals surface area contributed by atoms with Gasteiger partial charge < -0.3 is 15.1 Å². The van der Waals surface area contributed by atoms with Crippen molar-refractivity contribution in [2.24, 2.45) is 5.92 Å². The van der Waals surface area contributed by atoms with Gasteiger partial charge in [0.1, 0.15) is 5.54 Å². The molecule has 19 heavy (non-hydrogen) atoms. The lowest BCUT2D eigenvalue weighted by molar-refractivity contribution is -0.160. The van der Waals surface area contributed by atoms with Crippen molar-refractivity contribution in [1.29, 1.82) is 0 Å². The third-order valence-electron chi connectivity index (χ3n) is 4.08. The van der Waals surface area contributed by atoms with Crippen LogP contribution in [-0.2, 0) is 14.4 Å². The van der Waals surface area contributed by atoms with Crippen LogP contribution in [0.4, 0.5) is 0 Å². The van der Waals surface area contributed by atoms with Gasteiger partial charge >= 0.3 is 0 Å². The molecule has 0 aromatic carbocycles. The minimum Gasteiger partial charge on any atom is -0.355 e. The van der Waals surface area contributed by atoms with Crippen molar-refractivity contribution in [2.75, 3.05) is 26.7 Å². The summed E-state index contributed by atoms with van der Waals surface area (Å²) in [5.74, 6) is -0.260. The van der Waals surface area contributed by atoms with Crippen LogP contribution in [0, 0.1) is 5.92 Å². The van der Waals surface area contributed by atoms with Gasteiger partial charge in [-0.2, -0.15) is 0 Å². The summed E-state index contributed by atoms with van der Waals surface area (Å²) in [5, 5.41) is 2.72. The molecule has 6 heteroatoms. The number of likely N-dealkylation sites (N-methyl/N-ethyl adjacent to an activating group) is 1. The third-order valence-corrected chi connectivity index (χ3v) is 4.08. The van der Waals surface area contributed by atoms with E-state index in [-0.39, 0.29) is 23.6 Å². The maximum absolute atomic E-state index is 12.5. The number of piperazine rings is 1. The molecule has 0 bridgehead atoms. The maximum Gasteiger partial charge on any atom is 0.247 e. The van der Waals surface area contributed by atoms with Crippen molar-refractivity contribution in [1.82, 2.24) is 15.1 Å². The minimum atomic E-state index is -0.800. The fourth-order valence-corrected chi connectivity index (χ4v) is 2.76. The van der Waals surface area contributed by atoms with Gasteiger partial charge in [0.05, 0.1) is 5.92 Å². The maximum atomic E-state index is 12.5. The Hall–Kier alpha value is -1.59. The lowest BCUT2D eigenvalue weighted by Gasteiger charge is -2.46. The standard InChI is InChI=1S/C13H21N3O3/c1-13(2)12(19)15(3)6-7-16(13)11(18)9-4-5-10(17)14-8-9/h9H,4-8H2,1-3H3,(H,14,17).